The van der Waals surface area contributed by atoms with Crippen molar-refractivity contribution in [2.45, 2.75) is 33.1 Å². The Balaban J connectivity index is 2.33. The number of hydrogen-bond acceptors (Lipinski definition) is 0. The second-order valence-corrected chi connectivity index (χ2v) is 7.54. The van der Waals surface area contributed by atoms with Crippen LogP contribution in [0.15, 0.2) is 60.7 Å². The van der Waals surface area contributed by atoms with Gasteiger partial charge in [-0.1, -0.05) is 69.3 Å². The van der Waals surface area contributed by atoms with Crippen molar-refractivity contribution < 1.29 is 0 Å². The van der Waals surface area contributed by atoms with Gasteiger partial charge in [-0.3, -0.25) is 0 Å². The third-order valence-electron chi connectivity index (χ3n) is 4.90. The molecule has 0 aromatic heterocycles. The normalized spacial score (nSPS) is 12.3. The summed E-state index contributed by atoms with van der Waals surface area (Å²) in [5.41, 5.74) is 3.00. The minimum absolute atomic E-state index is 0.120. The summed E-state index contributed by atoms with van der Waals surface area (Å²) in [7, 11) is 0. The van der Waals surface area contributed by atoms with Gasteiger partial charge in [0.2, 0.25) is 0 Å². The Morgan fingerprint density at radius 3 is 1.74 bits per heavy atom. The fourth-order valence-corrected chi connectivity index (χ4v) is 4.02. The van der Waals surface area contributed by atoms with Crippen LogP contribution in [0.2, 0.25) is 0 Å². The van der Waals surface area contributed by atoms with E-state index >= 15 is 0 Å². The van der Waals surface area contributed by atoms with Gasteiger partial charge in [0.05, 0.1) is 0 Å². The van der Waals surface area contributed by atoms with Gasteiger partial charge in [-0.25, -0.2) is 0 Å². The third kappa shape index (κ3) is 2.13. The van der Waals surface area contributed by atoms with Crippen LogP contribution in [0.3, 0.4) is 0 Å². The summed E-state index contributed by atoms with van der Waals surface area (Å²) in [5.74, 6) is 0. The summed E-state index contributed by atoms with van der Waals surface area (Å²) < 4.78 is 0. The van der Waals surface area contributed by atoms with E-state index in [1.807, 2.05) is 0 Å². The lowest BCUT2D eigenvalue weighted by molar-refractivity contribution is 0.593. The lowest BCUT2D eigenvalue weighted by Crippen LogP contribution is -2.14. The highest BCUT2D eigenvalue weighted by Crippen LogP contribution is 2.40. The van der Waals surface area contributed by atoms with Crippen molar-refractivity contribution in [3.05, 3.63) is 71.8 Å². The van der Waals surface area contributed by atoms with Crippen LogP contribution in [-0.4, -0.2) is 0 Å². The van der Waals surface area contributed by atoms with Gasteiger partial charge in [0.15, 0.2) is 0 Å². The lowest BCUT2D eigenvalue weighted by atomic mass is 9.78. The minimum Gasteiger partial charge on any atom is -0.0616 e. The molecule has 0 aliphatic rings. The van der Waals surface area contributed by atoms with Crippen LogP contribution in [0.25, 0.3) is 32.3 Å². The predicted octanol–water partition coefficient (Wildman–Crippen LogP) is 6.75. The molecule has 0 heterocycles. The SMILES string of the molecule is Cc1c(C(C)(C)C)c2cc3ccccc3cc2c2ccccc12. The maximum absolute atomic E-state index is 2.38. The average Bonchev–Trinajstić information content (AvgIpc) is 2.52. The molecule has 0 amide bonds. The van der Waals surface area contributed by atoms with Gasteiger partial charge in [0.1, 0.15) is 0 Å². The van der Waals surface area contributed by atoms with Crippen LogP contribution in [0.1, 0.15) is 31.9 Å². The van der Waals surface area contributed by atoms with Crippen molar-refractivity contribution in [1.82, 2.24) is 0 Å². The molecule has 0 saturated heterocycles. The second-order valence-electron chi connectivity index (χ2n) is 7.54. The van der Waals surface area contributed by atoms with E-state index < -0.39 is 0 Å². The Morgan fingerprint density at radius 1 is 0.609 bits per heavy atom. The van der Waals surface area contributed by atoms with Crippen LogP contribution in [0.4, 0.5) is 0 Å². The quantitative estimate of drug-likeness (QED) is 0.249. The molecule has 114 valence electrons. The molecule has 0 aliphatic carbocycles. The summed E-state index contributed by atoms with van der Waals surface area (Å²) in [5, 5.41) is 8.13. The molecule has 0 N–H and O–H groups in total. The van der Waals surface area contributed by atoms with Gasteiger partial charge in [0, 0.05) is 0 Å². The number of rotatable bonds is 0. The Kier molecular flexibility index (Phi) is 2.99. The first kappa shape index (κ1) is 14.3. The highest BCUT2D eigenvalue weighted by molar-refractivity contribution is 6.15. The number of fused-ring (bicyclic) bond motifs is 4. The van der Waals surface area contributed by atoms with E-state index in [9.17, 15) is 0 Å². The molecule has 0 saturated carbocycles. The molecule has 4 rings (SSSR count). The molecular weight excluding hydrogens is 276 g/mol. The van der Waals surface area contributed by atoms with E-state index in [1.165, 1.54) is 43.4 Å². The predicted molar refractivity (Wildman–Crippen MR) is 102 cm³/mol. The molecule has 0 nitrogen and oxygen atoms in total. The highest BCUT2D eigenvalue weighted by atomic mass is 14.3. The monoisotopic (exact) mass is 298 g/mol. The van der Waals surface area contributed by atoms with Gasteiger partial charge in [-0.05, 0) is 67.9 Å². The van der Waals surface area contributed by atoms with E-state index in [-0.39, 0.29) is 5.41 Å². The van der Waals surface area contributed by atoms with Gasteiger partial charge in [0.25, 0.3) is 0 Å². The standard InChI is InChI=1S/C23H22/c1-15-18-11-7-8-12-19(18)20-13-16-9-5-6-10-17(16)14-21(20)22(15)23(2,3)4/h5-14H,1-4H3. The van der Waals surface area contributed by atoms with Gasteiger partial charge in [-0.2, -0.15) is 0 Å². The van der Waals surface area contributed by atoms with Gasteiger partial charge in [-0.15, -0.1) is 0 Å². The van der Waals surface area contributed by atoms with Crippen LogP contribution in [-0.2, 0) is 5.41 Å². The van der Waals surface area contributed by atoms with E-state index in [1.54, 1.807) is 0 Å². The molecular formula is C23H22. The van der Waals surface area contributed by atoms with Crippen LogP contribution >= 0.6 is 0 Å². The molecule has 4 aromatic carbocycles. The van der Waals surface area contributed by atoms with Gasteiger partial charge < -0.3 is 0 Å². The summed E-state index contributed by atoms with van der Waals surface area (Å²) in [4.78, 5) is 0. The zero-order valence-electron chi connectivity index (χ0n) is 14.3. The third-order valence-corrected chi connectivity index (χ3v) is 4.90. The summed E-state index contributed by atoms with van der Waals surface area (Å²) in [6, 6.07) is 22.2. The topological polar surface area (TPSA) is 0 Å². The van der Waals surface area contributed by atoms with E-state index in [2.05, 4.69) is 88.4 Å². The molecule has 0 spiro atoms. The first-order valence-electron chi connectivity index (χ1n) is 8.31. The molecule has 0 fully saturated rings. The smallest absolute Gasteiger partial charge is 0.00958 e. The molecule has 23 heavy (non-hydrogen) atoms. The highest BCUT2D eigenvalue weighted by Gasteiger charge is 2.22. The molecule has 0 bridgehead atoms. The molecule has 4 aromatic rings. The fourth-order valence-electron chi connectivity index (χ4n) is 4.02. The molecule has 0 atom stereocenters. The largest absolute Gasteiger partial charge is 0.0616 e. The lowest BCUT2D eigenvalue weighted by Gasteiger charge is -2.26. The van der Waals surface area contributed by atoms with Crippen molar-refractivity contribution in [1.29, 1.82) is 0 Å². The van der Waals surface area contributed by atoms with Crippen molar-refractivity contribution in [2.75, 3.05) is 0 Å². The Hall–Kier alpha value is -2.34. The van der Waals surface area contributed by atoms with E-state index in [0.717, 1.165) is 0 Å². The fraction of sp³-hybridized carbons (Fsp3) is 0.217. The van der Waals surface area contributed by atoms with Crippen LogP contribution in [0, 0.1) is 6.92 Å². The zero-order valence-corrected chi connectivity index (χ0v) is 14.3. The summed E-state index contributed by atoms with van der Waals surface area (Å²) in [6.45, 7) is 9.23. The zero-order chi connectivity index (χ0) is 16.2. The molecule has 0 heteroatoms. The maximum Gasteiger partial charge on any atom is -0.00958 e. The van der Waals surface area contributed by atoms with Crippen molar-refractivity contribution in [3.8, 4) is 0 Å². The molecule has 0 unspecified atom stereocenters. The number of benzene rings is 4. The van der Waals surface area contributed by atoms with Crippen molar-refractivity contribution >= 4 is 32.3 Å². The van der Waals surface area contributed by atoms with Crippen LogP contribution in [0.5, 0.6) is 0 Å². The first-order chi connectivity index (χ1) is 11.0. The van der Waals surface area contributed by atoms with Gasteiger partial charge >= 0.3 is 0 Å². The Morgan fingerprint density at radius 2 is 1.13 bits per heavy atom. The number of aryl methyl sites for hydroxylation is 1. The Bertz CT molecular complexity index is 1050. The number of hydrogen-bond donors (Lipinski definition) is 0. The average molecular weight is 298 g/mol. The summed E-state index contributed by atoms with van der Waals surface area (Å²) in [6.07, 6.45) is 0. The second kappa shape index (κ2) is 4.83. The molecule has 0 aliphatic heterocycles. The van der Waals surface area contributed by atoms with Crippen LogP contribution < -0.4 is 0 Å². The van der Waals surface area contributed by atoms with E-state index in [4.69, 9.17) is 0 Å². The Labute approximate surface area is 137 Å². The van der Waals surface area contributed by atoms with E-state index in [0.29, 0.717) is 0 Å². The first-order valence-corrected chi connectivity index (χ1v) is 8.31. The molecule has 0 radical (unpaired) electrons. The summed E-state index contributed by atoms with van der Waals surface area (Å²) >= 11 is 0. The minimum atomic E-state index is 0.120. The van der Waals surface area contributed by atoms with Crippen molar-refractivity contribution in [2.24, 2.45) is 0 Å². The van der Waals surface area contributed by atoms with Crippen molar-refractivity contribution in [3.63, 3.8) is 0 Å². The maximum atomic E-state index is 2.38.